The van der Waals surface area contributed by atoms with Gasteiger partial charge in [0.05, 0.1) is 30.5 Å². The fraction of sp³-hybridized carbons (Fsp3) is 0.469. The minimum atomic E-state index is -3.36. The lowest BCUT2D eigenvalue weighted by atomic mass is 9.82. The number of carbonyl (C=O) groups is 3. The van der Waals surface area contributed by atoms with Crippen LogP contribution in [-0.4, -0.2) is 65.2 Å². The molecule has 3 aliphatic heterocycles. The Balaban J connectivity index is 1.28. The summed E-state index contributed by atoms with van der Waals surface area (Å²) in [5.41, 5.74) is 1.43. The highest BCUT2D eigenvalue weighted by Crippen LogP contribution is 2.60. The van der Waals surface area contributed by atoms with Crippen LogP contribution in [0.5, 0.6) is 0 Å². The SMILES string of the molecule is CC(=O)OC1CC(=O)N1c1ccc(CN2C(=O)[C@@]3(O[C@@H](CCn4cc(CCO)nn4)[C@H]([Si](C)(C)F)[C@H]3C)c3cc(Cl)ccc32)cc1. The summed E-state index contributed by atoms with van der Waals surface area (Å²) >= 11 is 6.49. The van der Waals surface area contributed by atoms with Crippen LogP contribution in [0.2, 0.25) is 23.7 Å². The molecule has 5 atom stereocenters. The predicted octanol–water partition coefficient (Wildman–Crippen LogP) is 4.50. The number of aliphatic hydroxyl groups excluding tert-OH is 1. The first kappa shape index (κ1) is 32.3. The molecule has 2 amide bonds. The van der Waals surface area contributed by atoms with E-state index in [9.17, 15) is 19.5 Å². The molecule has 2 saturated heterocycles. The number of halogens is 2. The number of hydrogen-bond acceptors (Lipinski definition) is 8. The van der Waals surface area contributed by atoms with Crippen LogP contribution in [0.1, 0.15) is 43.5 Å². The number of aliphatic hydroxyl groups is 1. The quantitative estimate of drug-likeness (QED) is 0.145. The van der Waals surface area contributed by atoms with Crippen molar-refractivity contribution in [1.29, 1.82) is 0 Å². The Morgan fingerprint density at radius 3 is 2.61 bits per heavy atom. The lowest BCUT2D eigenvalue weighted by Crippen LogP contribution is -2.54. The number of amides is 2. The molecule has 1 unspecified atom stereocenters. The monoisotopic (exact) mass is 669 g/mol. The first-order valence-electron chi connectivity index (χ1n) is 15.4. The number of carbonyl (C=O) groups excluding carboxylic acids is 3. The summed E-state index contributed by atoms with van der Waals surface area (Å²) in [6.45, 7) is 7.11. The minimum Gasteiger partial charge on any atom is -0.441 e. The maximum atomic E-state index is 16.1. The van der Waals surface area contributed by atoms with Crippen LogP contribution >= 0.6 is 11.6 Å². The molecule has 3 aromatic rings. The Hall–Kier alpha value is -3.65. The Labute approximate surface area is 272 Å². The number of fused-ring (bicyclic) bond motifs is 2. The lowest BCUT2D eigenvalue weighted by Gasteiger charge is -2.39. The zero-order valence-electron chi connectivity index (χ0n) is 26.2. The number of ether oxygens (including phenoxy) is 2. The van der Waals surface area contributed by atoms with E-state index in [0.29, 0.717) is 47.0 Å². The third-order valence-electron chi connectivity index (χ3n) is 9.28. The second kappa shape index (κ2) is 12.2. The van der Waals surface area contributed by atoms with Gasteiger partial charge in [0.15, 0.2) is 11.8 Å². The van der Waals surface area contributed by atoms with Crippen LogP contribution in [-0.2, 0) is 49.0 Å². The second-order valence-corrected chi connectivity index (χ2v) is 17.0. The van der Waals surface area contributed by atoms with E-state index in [1.165, 1.54) is 11.8 Å². The van der Waals surface area contributed by atoms with Gasteiger partial charge in [-0.15, -0.1) is 5.10 Å². The van der Waals surface area contributed by atoms with Crippen molar-refractivity contribution < 1.29 is 33.1 Å². The number of rotatable bonds is 10. The maximum absolute atomic E-state index is 16.1. The van der Waals surface area contributed by atoms with Crippen molar-refractivity contribution in [3.8, 4) is 0 Å². The van der Waals surface area contributed by atoms with Crippen LogP contribution in [0, 0.1) is 5.92 Å². The maximum Gasteiger partial charge on any atom is 0.304 e. The smallest absolute Gasteiger partial charge is 0.304 e. The van der Waals surface area contributed by atoms with Gasteiger partial charge in [-0.25, -0.2) is 0 Å². The normalized spacial score (nSPS) is 25.7. The summed E-state index contributed by atoms with van der Waals surface area (Å²) in [7, 11) is -3.36. The number of aromatic nitrogens is 3. The van der Waals surface area contributed by atoms with E-state index in [2.05, 4.69) is 10.3 Å². The summed E-state index contributed by atoms with van der Waals surface area (Å²) in [5, 5.41) is 17.9. The largest absolute Gasteiger partial charge is 0.441 e. The Morgan fingerprint density at radius 1 is 1.22 bits per heavy atom. The van der Waals surface area contributed by atoms with Crippen LogP contribution in [0.15, 0.2) is 48.7 Å². The van der Waals surface area contributed by atoms with Gasteiger partial charge in [0, 0.05) is 60.4 Å². The molecule has 1 spiro atoms. The molecule has 2 aromatic carbocycles. The molecule has 14 heteroatoms. The van der Waals surface area contributed by atoms with Crippen molar-refractivity contribution in [1.82, 2.24) is 15.0 Å². The van der Waals surface area contributed by atoms with E-state index in [1.807, 2.05) is 19.1 Å². The van der Waals surface area contributed by atoms with Gasteiger partial charge in [0.1, 0.15) is 0 Å². The highest BCUT2D eigenvalue weighted by atomic mass is 35.5. The van der Waals surface area contributed by atoms with E-state index < -0.39 is 43.8 Å². The number of esters is 1. The predicted molar refractivity (Wildman–Crippen MR) is 170 cm³/mol. The van der Waals surface area contributed by atoms with E-state index in [4.69, 9.17) is 21.1 Å². The summed E-state index contributed by atoms with van der Waals surface area (Å²) in [5.74, 6) is -1.35. The zero-order valence-corrected chi connectivity index (χ0v) is 27.9. The van der Waals surface area contributed by atoms with Crippen molar-refractivity contribution in [2.24, 2.45) is 5.92 Å². The van der Waals surface area contributed by atoms with E-state index in [1.54, 1.807) is 59.2 Å². The molecule has 4 heterocycles. The number of nitrogens with zero attached hydrogens (tertiary/aromatic N) is 5. The van der Waals surface area contributed by atoms with E-state index in [0.717, 1.165) is 5.56 Å². The minimum absolute atomic E-state index is 0.0342. The summed E-state index contributed by atoms with van der Waals surface area (Å²) < 4.78 is 29.8. The molecule has 1 N–H and O–H groups in total. The molecule has 0 bridgehead atoms. The van der Waals surface area contributed by atoms with Crippen LogP contribution < -0.4 is 9.80 Å². The number of aryl methyl sites for hydroxylation is 1. The first-order chi connectivity index (χ1) is 21.8. The first-order valence-corrected chi connectivity index (χ1v) is 18.7. The summed E-state index contributed by atoms with van der Waals surface area (Å²) in [6.07, 6.45) is 1.52. The molecule has 1 aromatic heterocycles. The zero-order chi connectivity index (χ0) is 33.0. The average Bonchev–Trinajstić information content (AvgIpc) is 3.62. The standard InChI is InChI=1S/C32H37ClFN5O6Si/c1-19-30(46(3,4)34)27(11-13-37-18-23(12-14-40)35-36-37)45-32(19)25-15-22(33)7-10-26(25)38(31(32)43)17-21-5-8-24(9-6-21)39-28(42)16-29(39)44-20(2)41/h5-10,15,18-19,27,29-30,40H,11-14,16-17H2,1-4H3/t19-,27+,29?,30-,32+/m1/s1. The highest BCUT2D eigenvalue weighted by molar-refractivity contribution is 6.72. The Bertz CT molecular complexity index is 1670. The van der Waals surface area contributed by atoms with Gasteiger partial charge in [0.2, 0.25) is 14.3 Å². The van der Waals surface area contributed by atoms with Gasteiger partial charge >= 0.3 is 5.97 Å². The van der Waals surface area contributed by atoms with Crippen LogP contribution in [0.3, 0.4) is 0 Å². The molecule has 2 fully saturated rings. The van der Waals surface area contributed by atoms with Gasteiger partial charge in [-0.05, 0) is 55.4 Å². The molecular formula is C32H37ClFN5O6Si. The van der Waals surface area contributed by atoms with Gasteiger partial charge in [-0.1, -0.05) is 35.9 Å². The molecule has 244 valence electrons. The highest BCUT2D eigenvalue weighted by Gasteiger charge is 2.66. The van der Waals surface area contributed by atoms with Gasteiger partial charge in [-0.2, -0.15) is 0 Å². The van der Waals surface area contributed by atoms with Gasteiger partial charge < -0.3 is 23.6 Å². The van der Waals surface area contributed by atoms with Crippen molar-refractivity contribution >= 4 is 49.2 Å². The van der Waals surface area contributed by atoms with Gasteiger partial charge in [-0.3, -0.25) is 24.0 Å². The number of hydrogen-bond donors (Lipinski definition) is 1. The van der Waals surface area contributed by atoms with Crippen LogP contribution in [0.25, 0.3) is 0 Å². The van der Waals surface area contributed by atoms with Crippen LogP contribution in [0.4, 0.5) is 15.5 Å². The van der Waals surface area contributed by atoms with Crippen molar-refractivity contribution in [2.45, 2.75) is 82.8 Å². The number of β-lactam (4-membered cyclic amide) rings is 1. The molecule has 46 heavy (non-hydrogen) atoms. The third-order valence-corrected chi connectivity index (χ3v) is 12.0. The molecule has 0 saturated carbocycles. The molecule has 0 radical (unpaired) electrons. The summed E-state index contributed by atoms with van der Waals surface area (Å²) in [4.78, 5) is 41.4. The molecular weight excluding hydrogens is 633 g/mol. The molecule has 3 aliphatic rings. The lowest BCUT2D eigenvalue weighted by molar-refractivity contribution is -0.154. The Kier molecular flexibility index (Phi) is 8.55. The molecule has 6 rings (SSSR count). The summed E-state index contributed by atoms with van der Waals surface area (Å²) in [6, 6.07) is 12.5. The van der Waals surface area contributed by atoms with Crippen molar-refractivity contribution in [2.75, 3.05) is 16.4 Å². The van der Waals surface area contributed by atoms with Gasteiger partial charge in [0.25, 0.3) is 5.91 Å². The second-order valence-electron chi connectivity index (χ2n) is 12.8. The van der Waals surface area contributed by atoms with Crippen molar-refractivity contribution in [3.63, 3.8) is 0 Å². The Morgan fingerprint density at radius 2 is 1.96 bits per heavy atom. The van der Waals surface area contributed by atoms with Crippen molar-refractivity contribution in [3.05, 3.63) is 70.5 Å². The molecule has 11 nitrogen and oxygen atoms in total. The fourth-order valence-corrected chi connectivity index (χ4v) is 10.0. The average molecular weight is 670 g/mol. The van der Waals surface area contributed by atoms with E-state index >= 15 is 4.11 Å². The molecule has 0 aliphatic carbocycles. The topological polar surface area (TPSA) is 127 Å². The fourth-order valence-electron chi connectivity index (χ4n) is 7.31. The number of anilines is 2. The van der Waals surface area contributed by atoms with E-state index in [-0.39, 0.29) is 31.4 Å². The third kappa shape index (κ3) is 5.63. The number of benzene rings is 2.